The first-order valence-electron chi connectivity index (χ1n) is 4.87. The molecule has 0 atom stereocenters. The summed E-state index contributed by atoms with van der Waals surface area (Å²) in [5.41, 5.74) is 1.10. The molecule has 0 saturated carbocycles. The third-order valence-electron chi connectivity index (χ3n) is 1.90. The Kier molecular flexibility index (Phi) is 4.87. The first-order valence-corrected chi connectivity index (χ1v) is 5.99. The number of halogens is 1. The van der Waals surface area contributed by atoms with Crippen LogP contribution in [-0.2, 0) is 0 Å². The summed E-state index contributed by atoms with van der Waals surface area (Å²) in [7, 11) is 0. The largest absolute Gasteiger partial charge is 0.340 e. The van der Waals surface area contributed by atoms with Crippen molar-refractivity contribution in [1.29, 1.82) is 0 Å². The molecule has 0 spiro atoms. The Labute approximate surface area is 93.7 Å². The van der Waals surface area contributed by atoms with Crippen molar-refractivity contribution in [1.82, 2.24) is 9.97 Å². The minimum absolute atomic E-state index is 0.830. The van der Waals surface area contributed by atoms with Crippen LogP contribution < -0.4 is 4.90 Å². The molecule has 0 aliphatic carbocycles. The van der Waals surface area contributed by atoms with Crippen molar-refractivity contribution < 1.29 is 0 Å². The van der Waals surface area contributed by atoms with Crippen molar-refractivity contribution in [2.24, 2.45) is 0 Å². The topological polar surface area (TPSA) is 29.0 Å². The highest BCUT2D eigenvalue weighted by Crippen LogP contribution is 2.07. The second kappa shape index (κ2) is 5.96. The number of rotatable bonds is 5. The second-order valence-electron chi connectivity index (χ2n) is 3.24. The fourth-order valence-electron chi connectivity index (χ4n) is 1.23. The Morgan fingerprint density at radius 1 is 1.29 bits per heavy atom. The van der Waals surface area contributed by atoms with Crippen LogP contribution >= 0.6 is 15.9 Å². The molecule has 0 radical (unpaired) electrons. The van der Waals surface area contributed by atoms with E-state index in [1.165, 1.54) is 0 Å². The molecular formula is C10H16BrN3. The molecule has 1 rings (SSSR count). The molecule has 1 heterocycles. The first kappa shape index (κ1) is 11.4. The monoisotopic (exact) mass is 257 g/mol. The van der Waals surface area contributed by atoms with E-state index < -0.39 is 0 Å². The minimum Gasteiger partial charge on any atom is -0.340 e. The molecule has 0 aliphatic rings. The zero-order valence-electron chi connectivity index (χ0n) is 8.70. The summed E-state index contributed by atoms with van der Waals surface area (Å²) in [4.78, 5) is 10.8. The summed E-state index contributed by atoms with van der Waals surface area (Å²) in [6.07, 6.45) is 4.84. The number of alkyl halides is 1. The molecule has 0 bridgehead atoms. The summed E-state index contributed by atoms with van der Waals surface area (Å²) in [5.74, 6) is 0.830. The van der Waals surface area contributed by atoms with E-state index in [0.29, 0.717) is 0 Å². The molecule has 0 N–H and O–H groups in total. The van der Waals surface area contributed by atoms with Gasteiger partial charge in [-0.05, 0) is 18.9 Å². The Hall–Kier alpha value is -0.640. The second-order valence-corrected chi connectivity index (χ2v) is 4.03. The van der Waals surface area contributed by atoms with E-state index in [0.717, 1.165) is 36.4 Å². The Morgan fingerprint density at radius 2 is 1.93 bits per heavy atom. The predicted molar refractivity (Wildman–Crippen MR) is 63.1 cm³/mol. The van der Waals surface area contributed by atoms with Gasteiger partial charge in [-0.15, -0.1) is 0 Å². The van der Waals surface area contributed by atoms with Gasteiger partial charge >= 0.3 is 0 Å². The molecule has 0 unspecified atom stereocenters. The van der Waals surface area contributed by atoms with Crippen LogP contribution in [0.15, 0.2) is 12.4 Å². The van der Waals surface area contributed by atoms with Crippen LogP contribution in [0.4, 0.5) is 5.95 Å². The van der Waals surface area contributed by atoms with Crippen molar-refractivity contribution >= 4 is 21.9 Å². The number of aromatic nitrogens is 2. The maximum atomic E-state index is 4.31. The maximum absolute atomic E-state index is 4.31. The normalized spacial score (nSPS) is 10.2. The van der Waals surface area contributed by atoms with Crippen molar-refractivity contribution in [3.63, 3.8) is 0 Å². The lowest BCUT2D eigenvalue weighted by atomic mass is 10.4. The molecule has 0 amide bonds. The zero-order chi connectivity index (χ0) is 10.4. The van der Waals surface area contributed by atoms with Crippen molar-refractivity contribution in [2.75, 3.05) is 23.3 Å². The number of aryl methyl sites for hydroxylation is 1. The standard InChI is InChI=1S/C10H16BrN3/c1-3-5-14(6-4-11)10-12-7-9(2)8-13-10/h7-8H,3-6H2,1-2H3. The molecule has 0 aromatic carbocycles. The van der Waals surface area contributed by atoms with Crippen molar-refractivity contribution in [2.45, 2.75) is 20.3 Å². The summed E-state index contributed by atoms with van der Waals surface area (Å²) in [6.45, 7) is 6.12. The van der Waals surface area contributed by atoms with Crippen LogP contribution in [0.5, 0.6) is 0 Å². The fourth-order valence-corrected chi connectivity index (χ4v) is 1.66. The summed E-state index contributed by atoms with van der Waals surface area (Å²) < 4.78 is 0. The average molecular weight is 258 g/mol. The highest BCUT2D eigenvalue weighted by molar-refractivity contribution is 9.09. The van der Waals surface area contributed by atoms with Crippen LogP contribution in [0.1, 0.15) is 18.9 Å². The quantitative estimate of drug-likeness (QED) is 0.759. The number of hydrogen-bond acceptors (Lipinski definition) is 3. The molecule has 14 heavy (non-hydrogen) atoms. The molecule has 3 nitrogen and oxygen atoms in total. The smallest absolute Gasteiger partial charge is 0.225 e. The van der Waals surface area contributed by atoms with Gasteiger partial charge in [0.05, 0.1) is 0 Å². The molecule has 1 aromatic heterocycles. The fraction of sp³-hybridized carbons (Fsp3) is 0.600. The van der Waals surface area contributed by atoms with Gasteiger partial charge in [-0.25, -0.2) is 9.97 Å². The highest BCUT2D eigenvalue weighted by Gasteiger charge is 2.06. The predicted octanol–water partition coefficient (Wildman–Crippen LogP) is 2.40. The molecule has 0 saturated heterocycles. The van der Waals surface area contributed by atoms with Gasteiger partial charge in [-0.2, -0.15) is 0 Å². The lowest BCUT2D eigenvalue weighted by Crippen LogP contribution is -2.27. The van der Waals surface area contributed by atoms with E-state index >= 15 is 0 Å². The van der Waals surface area contributed by atoms with E-state index in [9.17, 15) is 0 Å². The van der Waals surface area contributed by atoms with E-state index in [2.05, 4.69) is 37.7 Å². The summed E-state index contributed by atoms with van der Waals surface area (Å²) in [5, 5.41) is 0.949. The number of anilines is 1. The van der Waals surface area contributed by atoms with Crippen LogP contribution in [0.2, 0.25) is 0 Å². The third-order valence-corrected chi connectivity index (χ3v) is 2.25. The molecule has 4 heteroatoms. The van der Waals surface area contributed by atoms with Gasteiger partial charge in [0.15, 0.2) is 0 Å². The van der Waals surface area contributed by atoms with E-state index in [1.54, 1.807) is 0 Å². The third kappa shape index (κ3) is 3.25. The van der Waals surface area contributed by atoms with Crippen molar-refractivity contribution in [3.8, 4) is 0 Å². The number of nitrogens with zero attached hydrogens (tertiary/aromatic N) is 3. The summed E-state index contributed by atoms with van der Waals surface area (Å²) >= 11 is 3.43. The first-order chi connectivity index (χ1) is 6.77. The number of hydrogen-bond donors (Lipinski definition) is 0. The lowest BCUT2D eigenvalue weighted by Gasteiger charge is -2.20. The van der Waals surface area contributed by atoms with Gasteiger partial charge in [0.25, 0.3) is 0 Å². The van der Waals surface area contributed by atoms with Crippen LogP contribution in [0, 0.1) is 6.92 Å². The van der Waals surface area contributed by atoms with Crippen LogP contribution in [0.3, 0.4) is 0 Å². The van der Waals surface area contributed by atoms with Crippen molar-refractivity contribution in [3.05, 3.63) is 18.0 Å². The molecule has 78 valence electrons. The zero-order valence-corrected chi connectivity index (χ0v) is 10.3. The van der Waals surface area contributed by atoms with Gasteiger partial charge in [0.1, 0.15) is 0 Å². The molecule has 1 aromatic rings. The maximum Gasteiger partial charge on any atom is 0.225 e. The van der Waals surface area contributed by atoms with E-state index in [4.69, 9.17) is 0 Å². The Bertz CT molecular complexity index is 255. The van der Waals surface area contributed by atoms with Gasteiger partial charge in [-0.3, -0.25) is 0 Å². The molecular weight excluding hydrogens is 242 g/mol. The highest BCUT2D eigenvalue weighted by atomic mass is 79.9. The average Bonchev–Trinajstić information content (AvgIpc) is 2.19. The Morgan fingerprint density at radius 3 is 2.43 bits per heavy atom. The molecule has 0 aliphatic heterocycles. The Balaban J connectivity index is 2.71. The summed E-state index contributed by atoms with van der Waals surface area (Å²) in [6, 6.07) is 0. The van der Waals surface area contributed by atoms with Gasteiger partial charge in [0.2, 0.25) is 5.95 Å². The lowest BCUT2D eigenvalue weighted by molar-refractivity contribution is 0.766. The van der Waals surface area contributed by atoms with Crippen LogP contribution in [0.25, 0.3) is 0 Å². The van der Waals surface area contributed by atoms with E-state index in [-0.39, 0.29) is 0 Å². The van der Waals surface area contributed by atoms with E-state index in [1.807, 2.05) is 19.3 Å². The molecule has 0 fully saturated rings. The van der Waals surface area contributed by atoms with Gasteiger partial charge in [0, 0.05) is 30.8 Å². The minimum atomic E-state index is 0.830. The van der Waals surface area contributed by atoms with Crippen LogP contribution in [-0.4, -0.2) is 28.4 Å². The van der Waals surface area contributed by atoms with Gasteiger partial charge < -0.3 is 4.90 Å². The SMILES string of the molecule is CCCN(CCBr)c1ncc(C)cn1. The van der Waals surface area contributed by atoms with Gasteiger partial charge in [-0.1, -0.05) is 22.9 Å².